The third-order valence-corrected chi connectivity index (χ3v) is 5.69. The molecule has 3 aliphatic heterocycles. The van der Waals surface area contributed by atoms with Gasteiger partial charge in [0.2, 0.25) is 0 Å². The van der Waals surface area contributed by atoms with E-state index in [2.05, 4.69) is 28.4 Å². The Morgan fingerprint density at radius 3 is 2.56 bits per heavy atom. The zero-order valence-electron chi connectivity index (χ0n) is 14.5. The van der Waals surface area contributed by atoms with Crippen LogP contribution in [0, 0.1) is 5.92 Å². The van der Waals surface area contributed by atoms with Gasteiger partial charge in [0, 0.05) is 24.2 Å². The van der Waals surface area contributed by atoms with Crippen LogP contribution in [-0.2, 0) is 13.2 Å². The number of fused-ring (bicyclic) bond motifs is 3. The molecule has 3 fully saturated rings. The van der Waals surface area contributed by atoms with Crippen LogP contribution in [0.5, 0.6) is 5.75 Å². The lowest BCUT2D eigenvalue weighted by Crippen LogP contribution is -2.55. The van der Waals surface area contributed by atoms with Gasteiger partial charge in [-0.05, 0) is 67.2 Å². The van der Waals surface area contributed by atoms with Gasteiger partial charge in [-0.25, -0.2) is 0 Å². The van der Waals surface area contributed by atoms with Crippen molar-refractivity contribution in [1.82, 2.24) is 10.2 Å². The molecule has 4 heteroatoms. The van der Waals surface area contributed by atoms with E-state index in [4.69, 9.17) is 16.3 Å². The van der Waals surface area contributed by atoms with Crippen molar-refractivity contribution in [2.45, 2.75) is 32.0 Å². The van der Waals surface area contributed by atoms with Crippen molar-refractivity contribution in [3.05, 3.63) is 64.7 Å². The number of nitrogens with zero attached hydrogens (tertiary/aromatic N) is 1. The fourth-order valence-corrected chi connectivity index (χ4v) is 4.06. The summed E-state index contributed by atoms with van der Waals surface area (Å²) in [5.74, 6) is 1.78. The van der Waals surface area contributed by atoms with E-state index < -0.39 is 0 Å². The van der Waals surface area contributed by atoms with Gasteiger partial charge in [-0.15, -0.1) is 0 Å². The van der Waals surface area contributed by atoms with Crippen LogP contribution >= 0.6 is 11.6 Å². The van der Waals surface area contributed by atoms with Crippen LogP contribution in [0.25, 0.3) is 0 Å². The molecule has 3 nitrogen and oxygen atoms in total. The summed E-state index contributed by atoms with van der Waals surface area (Å²) in [4.78, 5) is 2.59. The fourth-order valence-electron chi connectivity index (χ4n) is 3.94. The minimum atomic E-state index is 0.563. The first-order chi connectivity index (χ1) is 12.3. The summed E-state index contributed by atoms with van der Waals surface area (Å²) in [6, 6.07) is 16.8. The summed E-state index contributed by atoms with van der Waals surface area (Å²) >= 11 is 5.92. The van der Waals surface area contributed by atoms with Crippen LogP contribution in [0.1, 0.15) is 24.0 Å². The zero-order valence-corrected chi connectivity index (χ0v) is 15.2. The van der Waals surface area contributed by atoms with E-state index in [0.717, 1.165) is 28.8 Å². The van der Waals surface area contributed by atoms with Crippen LogP contribution in [-0.4, -0.2) is 30.6 Å². The highest BCUT2D eigenvalue weighted by Gasteiger charge is 2.33. The summed E-state index contributed by atoms with van der Waals surface area (Å²) in [5.41, 5.74) is 2.41. The molecule has 0 saturated carbocycles. The van der Waals surface area contributed by atoms with Crippen molar-refractivity contribution in [2.75, 3.05) is 19.6 Å². The predicted octanol–water partition coefficient (Wildman–Crippen LogP) is 4.10. The van der Waals surface area contributed by atoms with E-state index in [0.29, 0.717) is 12.6 Å². The number of halogens is 1. The van der Waals surface area contributed by atoms with E-state index in [9.17, 15) is 0 Å². The highest BCUT2D eigenvalue weighted by atomic mass is 35.5. The number of nitrogens with one attached hydrogen (secondary N) is 1. The van der Waals surface area contributed by atoms with Crippen molar-refractivity contribution in [3.8, 4) is 5.75 Å². The van der Waals surface area contributed by atoms with Crippen LogP contribution in [0.2, 0.25) is 5.02 Å². The van der Waals surface area contributed by atoms with Crippen LogP contribution in [0.3, 0.4) is 0 Å². The van der Waals surface area contributed by atoms with E-state index in [1.165, 1.54) is 38.0 Å². The highest BCUT2D eigenvalue weighted by Crippen LogP contribution is 2.27. The Labute approximate surface area is 154 Å². The molecule has 0 aromatic heterocycles. The van der Waals surface area contributed by atoms with Gasteiger partial charge in [-0.3, -0.25) is 0 Å². The van der Waals surface area contributed by atoms with Crippen LogP contribution in [0.15, 0.2) is 48.5 Å². The van der Waals surface area contributed by atoms with Crippen molar-refractivity contribution in [2.24, 2.45) is 5.92 Å². The van der Waals surface area contributed by atoms with Gasteiger partial charge in [0.1, 0.15) is 12.4 Å². The maximum atomic E-state index is 5.93. The van der Waals surface area contributed by atoms with E-state index >= 15 is 0 Å². The molecule has 0 amide bonds. The molecule has 0 aliphatic carbocycles. The molecule has 2 aromatic rings. The van der Waals surface area contributed by atoms with Gasteiger partial charge in [0.05, 0.1) is 0 Å². The molecule has 0 radical (unpaired) electrons. The maximum Gasteiger partial charge on any atom is 0.120 e. The molecule has 132 valence electrons. The normalized spacial score (nSPS) is 25.1. The lowest BCUT2D eigenvalue weighted by Gasteiger charge is -2.45. The minimum absolute atomic E-state index is 0.563. The third-order valence-electron chi connectivity index (χ3n) is 5.44. The molecule has 0 unspecified atom stereocenters. The molecule has 3 saturated heterocycles. The highest BCUT2D eigenvalue weighted by molar-refractivity contribution is 6.30. The number of benzene rings is 2. The Morgan fingerprint density at radius 1 is 1.04 bits per heavy atom. The second-order valence-corrected chi connectivity index (χ2v) is 7.62. The summed E-state index contributed by atoms with van der Waals surface area (Å²) in [6.07, 6.45) is 2.70. The average Bonchev–Trinajstić information content (AvgIpc) is 2.67. The van der Waals surface area contributed by atoms with E-state index in [1.807, 2.05) is 30.3 Å². The summed E-state index contributed by atoms with van der Waals surface area (Å²) in [7, 11) is 0. The second kappa shape index (κ2) is 7.77. The average molecular weight is 357 g/mol. The molecule has 0 spiro atoms. The van der Waals surface area contributed by atoms with E-state index in [-0.39, 0.29) is 0 Å². The number of hydrogen-bond donors (Lipinski definition) is 1. The van der Waals surface area contributed by atoms with Gasteiger partial charge in [0.25, 0.3) is 0 Å². The first-order valence-electron chi connectivity index (χ1n) is 9.18. The standard InChI is InChI=1S/C21H25ClN2O/c22-19-6-4-16(5-7-19)15-25-20-3-1-2-17(12-20)13-23-21-14-24-10-8-18(21)9-11-24/h1-7,12,18,21,23H,8-11,13-15H2/t21-/m1/s1. The fraction of sp³-hybridized carbons (Fsp3) is 0.429. The number of piperidine rings is 3. The van der Waals surface area contributed by atoms with Gasteiger partial charge in [0.15, 0.2) is 0 Å². The molecule has 5 rings (SSSR count). The van der Waals surface area contributed by atoms with Crippen molar-refractivity contribution >= 4 is 11.6 Å². The zero-order chi connectivity index (χ0) is 17.1. The smallest absolute Gasteiger partial charge is 0.120 e. The van der Waals surface area contributed by atoms with Gasteiger partial charge >= 0.3 is 0 Å². The Hall–Kier alpha value is -1.55. The van der Waals surface area contributed by atoms with Gasteiger partial charge in [-0.1, -0.05) is 35.9 Å². The molecular formula is C21H25ClN2O. The van der Waals surface area contributed by atoms with Crippen LogP contribution < -0.4 is 10.1 Å². The Balaban J connectivity index is 1.31. The maximum absolute atomic E-state index is 5.93. The summed E-state index contributed by atoms with van der Waals surface area (Å²) in [6.45, 7) is 5.26. The van der Waals surface area contributed by atoms with Crippen molar-refractivity contribution in [1.29, 1.82) is 0 Å². The van der Waals surface area contributed by atoms with Gasteiger partial charge in [-0.2, -0.15) is 0 Å². The SMILES string of the molecule is Clc1ccc(COc2cccc(CN[C@@H]3CN4CCC3CC4)c2)cc1. The minimum Gasteiger partial charge on any atom is -0.489 e. The molecule has 2 aromatic carbocycles. The van der Waals surface area contributed by atoms with Crippen LogP contribution in [0.4, 0.5) is 0 Å². The molecule has 1 atom stereocenters. The molecule has 3 aliphatic rings. The lowest BCUT2D eigenvalue weighted by atomic mass is 9.84. The number of rotatable bonds is 6. The van der Waals surface area contributed by atoms with E-state index in [1.54, 1.807) is 0 Å². The Bertz CT molecular complexity index is 695. The first kappa shape index (κ1) is 16.9. The topological polar surface area (TPSA) is 24.5 Å². The quantitative estimate of drug-likeness (QED) is 0.843. The Kier molecular flexibility index (Phi) is 5.25. The number of ether oxygens (including phenoxy) is 1. The summed E-state index contributed by atoms with van der Waals surface area (Å²) < 4.78 is 5.93. The lowest BCUT2D eigenvalue weighted by molar-refractivity contribution is 0.0720. The summed E-state index contributed by atoms with van der Waals surface area (Å²) in [5, 5.41) is 4.52. The largest absolute Gasteiger partial charge is 0.489 e. The molecular weight excluding hydrogens is 332 g/mol. The third kappa shape index (κ3) is 4.35. The monoisotopic (exact) mass is 356 g/mol. The van der Waals surface area contributed by atoms with Crippen molar-refractivity contribution < 1.29 is 4.74 Å². The number of hydrogen-bond acceptors (Lipinski definition) is 3. The van der Waals surface area contributed by atoms with Crippen molar-refractivity contribution in [3.63, 3.8) is 0 Å². The molecule has 1 N–H and O–H groups in total. The first-order valence-corrected chi connectivity index (χ1v) is 9.56. The second-order valence-electron chi connectivity index (χ2n) is 7.19. The molecule has 2 bridgehead atoms. The van der Waals surface area contributed by atoms with Gasteiger partial charge < -0.3 is 15.0 Å². The Morgan fingerprint density at radius 2 is 1.84 bits per heavy atom. The molecule has 3 heterocycles. The predicted molar refractivity (Wildman–Crippen MR) is 102 cm³/mol. The molecule has 25 heavy (non-hydrogen) atoms.